The quantitative estimate of drug-likeness (QED) is 0.918. The molecule has 0 saturated heterocycles. The number of rotatable bonds is 2. The molecule has 21 heavy (non-hydrogen) atoms. The third kappa shape index (κ3) is 2.78. The number of nitriles is 1. The first-order valence-corrected chi connectivity index (χ1v) is 6.77. The molecule has 3 rings (SSSR count). The van der Waals surface area contributed by atoms with Crippen molar-refractivity contribution < 1.29 is 4.79 Å². The number of carbonyl (C=O) groups is 1. The summed E-state index contributed by atoms with van der Waals surface area (Å²) >= 11 is 0. The number of nitrogens with one attached hydrogen (secondary N) is 1. The molecular formula is C17H15N3O. The Morgan fingerprint density at radius 3 is 2.81 bits per heavy atom. The molecule has 0 radical (unpaired) electrons. The van der Waals surface area contributed by atoms with Gasteiger partial charge in [0.2, 0.25) is 0 Å². The molecule has 2 aromatic rings. The van der Waals surface area contributed by atoms with Crippen LogP contribution < -0.4 is 5.32 Å². The Kier molecular flexibility index (Phi) is 3.43. The van der Waals surface area contributed by atoms with Gasteiger partial charge in [0.25, 0.3) is 5.91 Å². The van der Waals surface area contributed by atoms with Crippen LogP contribution in [0.25, 0.3) is 0 Å². The van der Waals surface area contributed by atoms with Gasteiger partial charge in [-0.05, 0) is 48.5 Å². The van der Waals surface area contributed by atoms with Crippen LogP contribution in [0.5, 0.6) is 0 Å². The Hall–Kier alpha value is -2.64. The standard InChI is InChI=1S/C17H15N3O/c1-20-10-14-5-6-16(8-15(14)11-20)19-17(21)13-4-2-3-12(7-13)9-18/h2-8H,10-11H2,1H3,(H,19,21). The van der Waals surface area contributed by atoms with Crippen molar-refractivity contribution in [2.24, 2.45) is 0 Å². The number of anilines is 1. The van der Waals surface area contributed by atoms with E-state index < -0.39 is 0 Å². The maximum absolute atomic E-state index is 12.2. The summed E-state index contributed by atoms with van der Waals surface area (Å²) in [5.41, 5.74) is 4.32. The van der Waals surface area contributed by atoms with Gasteiger partial charge in [-0.25, -0.2) is 0 Å². The van der Waals surface area contributed by atoms with Gasteiger partial charge < -0.3 is 5.32 Å². The van der Waals surface area contributed by atoms with Crippen LogP contribution in [0.15, 0.2) is 42.5 Å². The van der Waals surface area contributed by atoms with Gasteiger partial charge >= 0.3 is 0 Å². The van der Waals surface area contributed by atoms with E-state index in [1.165, 1.54) is 11.1 Å². The minimum atomic E-state index is -0.196. The Bertz CT molecular complexity index is 746. The summed E-state index contributed by atoms with van der Waals surface area (Å²) in [6.07, 6.45) is 0. The summed E-state index contributed by atoms with van der Waals surface area (Å²) in [6.45, 7) is 1.86. The van der Waals surface area contributed by atoms with E-state index >= 15 is 0 Å². The molecule has 1 amide bonds. The van der Waals surface area contributed by atoms with E-state index in [0.717, 1.165) is 18.8 Å². The Balaban J connectivity index is 1.79. The summed E-state index contributed by atoms with van der Waals surface area (Å²) in [7, 11) is 2.08. The lowest BCUT2D eigenvalue weighted by Crippen LogP contribution is -2.12. The van der Waals surface area contributed by atoms with Gasteiger partial charge in [-0.15, -0.1) is 0 Å². The van der Waals surface area contributed by atoms with Crippen LogP contribution in [0.4, 0.5) is 5.69 Å². The monoisotopic (exact) mass is 277 g/mol. The lowest BCUT2D eigenvalue weighted by Gasteiger charge is -2.07. The van der Waals surface area contributed by atoms with E-state index in [4.69, 9.17) is 5.26 Å². The van der Waals surface area contributed by atoms with Gasteiger partial charge in [-0.2, -0.15) is 5.26 Å². The molecule has 1 aliphatic heterocycles. The number of carbonyl (C=O) groups excluding carboxylic acids is 1. The van der Waals surface area contributed by atoms with E-state index in [1.54, 1.807) is 24.3 Å². The molecule has 1 aliphatic rings. The molecule has 0 atom stereocenters. The van der Waals surface area contributed by atoms with Gasteiger partial charge in [0.05, 0.1) is 11.6 Å². The number of amides is 1. The van der Waals surface area contributed by atoms with Gasteiger partial charge in [0.15, 0.2) is 0 Å². The fraction of sp³-hybridized carbons (Fsp3) is 0.176. The lowest BCUT2D eigenvalue weighted by molar-refractivity contribution is 0.102. The van der Waals surface area contributed by atoms with Gasteiger partial charge in [0.1, 0.15) is 0 Å². The maximum atomic E-state index is 12.2. The van der Waals surface area contributed by atoms with Crippen molar-refractivity contribution >= 4 is 11.6 Å². The largest absolute Gasteiger partial charge is 0.322 e. The first-order valence-electron chi connectivity index (χ1n) is 6.77. The van der Waals surface area contributed by atoms with E-state index in [-0.39, 0.29) is 5.91 Å². The molecule has 1 N–H and O–H groups in total. The summed E-state index contributed by atoms with van der Waals surface area (Å²) in [5.74, 6) is -0.196. The van der Waals surface area contributed by atoms with Gasteiger partial charge in [-0.3, -0.25) is 9.69 Å². The van der Waals surface area contributed by atoms with E-state index in [2.05, 4.69) is 23.3 Å². The van der Waals surface area contributed by atoms with Crippen molar-refractivity contribution in [3.05, 3.63) is 64.7 Å². The fourth-order valence-electron chi connectivity index (χ4n) is 2.58. The Labute approximate surface area is 123 Å². The highest BCUT2D eigenvalue weighted by molar-refractivity contribution is 6.04. The van der Waals surface area contributed by atoms with Crippen LogP contribution in [0, 0.1) is 11.3 Å². The van der Waals surface area contributed by atoms with Crippen LogP contribution >= 0.6 is 0 Å². The van der Waals surface area contributed by atoms with Crippen LogP contribution in [0.2, 0.25) is 0 Å². The molecule has 0 saturated carbocycles. The topological polar surface area (TPSA) is 56.1 Å². The predicted molar refractivity (Wildman–Crippen MR) is 80.7 cm³/mol. The van der Waals surface area contributed by atoms with Crippen molar-refractivity contribution in [1.82, 2.24) is 4.90 Å². The highest BCUT2D eigenvalue weighted by Crippen LogP contribution is 2.24. The molecule has 0 spiro atoms. The molecule has 104 valence electrons. The summed E-state index contributed by atoms with van der Waals surface area (Å²) in [4.78, 5) is 14.4. The molecule has 0 fully saturated rings. The minimum absolute atomic E-state index is 0.196. The van der Waals surface area contributed by atoms with Gasteiger partial charge in [0, 0.05) is 24.3 Å². The molecule has 4 nitrogen and oxygen atoms in total. The average Bonchev–Trinajstić information content (AvgIpc) is 2.86. The second-order valence-corrected chi connectivity index (χ2v) is 5.30. The van der Waals surface area contributed by atoms with Crippen molar-refractivity contribution in [2.45, 2.75) is 13.1 Å². The fourth-order valence-corrected chi connectivity index (χ4v) is 2.58. The molecule has 2 aromatic carbocycles. The Morgan fingerprint density at radius 2 is 2.00 bits per heavy atom. The maximum Gasteiger partial charge on any atom is 0.255 e. The van der Waals surface area contributed by atoms with E-state index in [9.17, 15) is 4.79 Å². The van der Waals surface area contributed by atoms with Crippen molar-refractivity contribution in [1.29, 1.82) is 5.26 Å². The second kappa shape index (κ2) is 5.39. The van der Waals surface area contributed by atoms with E-state index in [0.29, 0.717) is 11.1 Å². The normalized spacial score (nSPS) is 13.5. The lowest BCUT2D eigenvalue weighted by atomic mass is 10.1. The summed E-state index contributed by atoms with van der Waals surface area (Å²) in [5, 5.41) is 11.8. The smallest absolute Gasteiger partial charge is 0.255 e. The average molecular weight is 277 g/mol. The highest BCUT2D eigenvalue weighted by atomic mass is 16.1. The molecule has 4 heteroatoms. The van der Waals surface area contributed by atoms with Crippen molar-refractivity contribution in [3.63, 3.8) is 0 Å². The third-order valence-corrected chi connectivity index (χ3v) is 3.60. The molecular weight excluding hydrogens is 262 g/mol. The number of fused-ring (bicyclic) bond motifs is 1. The summed E-state index contributed by atoms with van der Waals surface area (Å²) in [6, 6.07) is 14.7. The zero-order valence-electron chi connectivity index (χ0n) is 11.8. The molecule has 0 aromatic heterocycles. The molecule has 0 unspecified atom stereocenters. The van der Waals surface area contributed by atoms with Crippen molar-refractivity contribution in [3.8, 4) is 6.07 Å². The summed E-state index contributed by atoms with van der Waals surface area (Å²) < 4.78 is 0. The van der Waals surface area contributed by atoms with Crippen molar-refractivity contribution in [2.75, 3.05) is 12.4 Å². The zero-order chi connectivity index (χ0) is 14.8. The SMILES string of the molecule is CN1Cc2ccc(NC(=O)c3cccc(C#N)c3)cc2C1. The molecule has 1 heterocycles. The highest BCUT2D eigenvalue weighted by Gasteiger charge is 2.16. The van der Waals surface area contributed by atoms with E-state index in [1.807, 2.05) is 18.2 Å². The molecule has 0 aliphatic carbocycles. The predicted octanol–water partition coefficient (Wildman–Crippen LogP) is 2.76. The number of hydrogen-bond acceptors (Lipinski definition) is 3. The van der Waals surface area contributed by atoms with Crippen LogP contribution in [0.3, 0.4) is 0 Å². The molecule has 0 bridgehead atoms. The number of hydrogen-bond donors (Lipinski definition) is 1. The first kappa shape index (κ1) is 13.3. The number of benzene rings is 2. The van der Waals surface area contributed by atoms with Crippen LogP contribution in [-0.2, 0) is 13.1 Å². The second-order valence-electron chi connectivity index (χ2n) is 5.30. The van der Waals surface area contributed by atoms with Crippen LogP contribution in [0.1, 0.15) is 27.0 Å². The number of nitrogens with zero attached hydrogens (tertiary/aromatic N) is 2. The zero-order valence-corrected chi connectivity index (χ0v) is 11.8. The van der Waals surface area contributed by atoms with Crippen LogP contribution in [-0.4, -0.2) is 17.9 Å². The first-order chi connectivity index (χ1) is 10.2. The van der Waals surface area contributed by atoms with Gasteiger partial charge in [-0.1, -0.05) is 12.1 Å². The minimum Gasteiger partial charge on any atom is -0.322 e. The third-order valence-electron chi connectivity index (χ3n) is 3.60. The Morgan fingerprint density at radius 1 is 1.19 bits per heavy atom.